The van der Waals surface area contributed by atoms with Gasteiger partial charge in [-0.05, 0) is 26.3 Å². The number of thioether (sulfide) groups is 1. The highest BCUT2D eigenvalue weighted by molar-refractivity contribution is 8.01. The van der Waals surface area contributed by atoms with E-state index in [2.05, 4.69) is 29.6 Å². The lowest BCUT2D eigenvalue weighted by Crippen LogP contribution is -2.43. The third-order valence-electron chi connectivity index (χ3n) is 3.06. The van der Waals surface area contributed by atoms with Crippen LogP contribution in [0.4, 0.5) is 0 Å². The number of hydrogen-bond acceptors (Lipinski definition) is 3. The number of carbonyl (C=O) groups is 1. The molecule has 0 bridgehead atoms. The molecular formula is C13H17NO2S. The van der Waals surface area contributed by atoms with Crippen LogP contribution in [0.5, 0.6) is 0 Å². The van der Waals surface area contributed by atoms with Crippen LogP contribution in [0.1, 0.15) is 30.3 Å². The number of nitrogens with one attached hydrogen (secondary N) is 1. The van der Waals surface area contributed by atoms with Crippen LogP contribution < -0.4 is 5.32 Å². The number of rotatable bonds is 2. The van der Waals surface area contributed by atoms with Gasteiger partial charge in [0.05, 0.1) is 5.37 Å². The van der Waals surface area contributed by atoms with Gasteiger partial charge in [0.25, 0.3) is 0 Å². The van der Waals surface area contributed by atoms with Gasteiger partial charge in [-0.1, -0.05) is 29.8 Å². The molecule has 1 aliphatic rings. The minimum absolute atomic E-state index is 0.0618. The Bertz CT molecular complexity index is 428. The third-order valence-corrected chi connectivity index (χ3v) is 4.55. The van der Waals surface area contributed by atoms with Crippen molar-refractivity contribution in [1.82, 2.24) is 5.32 Å². The van der Waals surface area contributed by atoms with Crippen LogP contribution in [0.2, 0.25) is 0 Å². The molecule has 1 fully saturated rings. The number of aryl methyl sites for hydroxylation is 1. The number of carboxylic acids is 1. The lowest BCUT2D eigenvalue weighted by Gasteiger charge is -2.20. The van der Waals surface area contributed by atoms with Crippen molar-refractivity contribution in [2.45, 2.75) is 36.9 Å². The van der Waals surface area contributed by atoms with Gasteiger partial charge in [-0.15, -0.1) is 11.8 Å². The van der Waals surface area contributed by atoms with Gasteiger partial charge >= 0.3 is 5.97 Å². The van der Waals surface area contributed by atoms with Crippen molar-refractivity contribution in [2.24, 2.45) is 0 Å². The van der Waals surface area contributed by atoms with Crippen molar-refractivity contribution < 1.29 is 9.90 Å². The molecular weight excluding hydrogens is 234 g/mol. The maximum atomic E-state index is 11.2. The first kappa shape index (κ1) is 12.5. The molecule has 1 saturated heterocycles. The van der Waals surface area contributed by atoms with Crippen LogP contribution in [0, 0.1) is 6.92 Å². The standard InChI is InChI=1S/C13H17NO2S/c1-8-4-6-9(7-5-8)11-14-10(12(15)16)13(2,3)17-11/h4-7,10-11,14H,1-3H3,(H,15,16)/t10-,11?/m0/s1. The molecule has 0 aromatic heterocycles. The highest BCUT2D eigenvalue weighted by Crippen LogP contribution is 2.45. The highest BCUT2D eigenvalue weighted by atomic mass is 32.2. The second-order valence-electron chi connectivity index (χ2n) is 4.95. The summed E-state index contributed by atoms with van der Waals surface area (Å²) in [7, 11) is 0. The Morgan fingerprint density at radius 1 is 1.35 bits per heavy atom. The number of aliphatic carboxylic acids is 1. The summed E-state index contributed by atoms with van der Waals surface area (Å²) >= 11 is 1.67. The maximum absolute atomic E-state index is 11.2. The van der Waals surface area contributed by atoms with Crippen molar-refractivity contribution in [2.75, 3.05) is 0 Å². The van der Waals surface area contributed by atoms with E-state index in [1.54, 1.807) is 11.8 Å². The lowest BCUT2D eigenvalue weighted by molar-refractivity contribution is -0.139. The Balaban J connectivity index is 2.21. The van der Waals surface area contributed by atoms with Crippen LogP contribution in [0.25, 0.3) is 0 Å². The van der Waals surface area contributed by atoms with Gasteiger partial charge in [0, 0.05) is 4.75 Å². The second-order valence-corrected chi connectivity index (χ2v) is 6.71. The molecule has 0 saturated carbocycles. The first-order valence-corrected chi connectivity index (χ1v) is 6.51. The molecule has 2 N–H and O–H groups in total. The molecule has 0 spiro atoms. The van der Waals surface area contributed by atoms with Crippen LogP contribution >= 0.6 is 11.8 Å². The summed E-state index contributed by atoms with van der Waals surface area (Å²) in [4.78, 5) is 11.2. The molecule has 17 heavy (non-hydrogen) atoms. The zero-order chi connectivity index (χ0) is 12.6. The van der Waals surface area contributed by atoms with Crippen LogP contribution in [-0.2, 0) is 4.79 Å². The molecule has 0 amide bonds. The Morgan fingerprint density at radius 3 is 2.41 bits per heavy atom. The number of benzene rings is 1. The van der Waals surface area contributed by atoms with E-state index in [9.17, 15) is 9.90 Å². The van der Waals surface area contributed by atoms with E-state index in [1.165, 1.54) is 5.56 Å². The molecule has 1 unspecified atom stereocenters. The summed E-state index contributed by atoms with van der Waals surface area (Å²) in [6.07, 6.45) is 0. The fraction of sp³-hybridized carbons (Fsp3) is 0.462. The van der Waals surface area contributed by atoms with E-state index in [4.69, 9.17) is 0 Å². The van der Waals surface area contributed by atoms with Crippen molar-refractivity contribution in [1.29, 1.82) is 0 Å². The van der Waals surface area contributed by atoms with Crippen LogP contribution in [0.3, 0.4) is 0 Å². The Hall–Kier alpha value is -1.00. The van der Waals surface area contributed by atoms with E-state index >= 15 is 0 Å². The summed E-state index contributed by atoms with van der Waals surface area (Å²) in [5.41, 5.74) is 2.35. The second kappa shape index (κ2) is 4.35. The molecule has 4 heteroatoms. The molecule has 1 aromatic carbocycles. The molecule has 1 heterocycles. The van der Waals surface area contributed by atoms with E-state index < -0.39 is 12.0 Å². The Labute approximate surface area is 106 Å². The third kappa shape index (κ3) is 2.48. The molecule has 2 atom stereocenters. The van der Waals surface area contributed by atoms with Crippen molar-refractivity contribution in [3.05, 3.63) is 35.4 Å². The molecule has 0 aliphatic carbocycles. The minimum atomic E-state index is -0.780. The molecule has 92 valence electrons. The van der Waals surface area contributed by atoms with Gasteiger partial charge in [0.15, 0.2) is 0 Å². The topological polar surface area (TPSA) is 49.3 Å². The minimum Gasteiger partial charge on any atom is -0.480 e. The molecule has 1 aliphatic heterocycles. The SMILES string of the molecule is Cc1ccc(C2N[C@@H](C(=O)O)C(C)(C)S2)cc1. The quantitative estimate of drug-likeness (QED) is 0.848. The van der Waals surface area contributed by atoms with E-state index in [1.807, 2.05) is 20.8 Å². The van der Waals surface area contributed by atoms with Crippen molar-refractivity contribution >= 4 is 17.7 Å². The molecule has 3 nitrogen and oxygen atoms in total. The predicted octanol–water partition coefficient (Wildman–Crippen LogP) is 2.56. The van der Waals surface area contributed by atoms with Crippen molar-refractivity contribution in [3.8, 4) is 0 Å². The van der Waals surface area contributed by atoms with Gasteiger partial charge in [-0.3, -0.25) is 10.1 Å². The summed E-state index contributed by atoms with van der Waals surface area (Å²) in [5.74, 6) is -0.780. The highest BCUT2D eigenvalue weighted by Gasteiger charge is 2.45. The van der Waals surface area contributed by atoms with Gasteiger partial charge < -0.3 is 5.11 Å². The fourth-order valence-corrected chi connectivity index (χ4v) is 3.44. The van der Waals surface area contributed by atoms with Gasteiger partial charge in [0.2, 0.25) is 0 Å². The molecule has 2 rings (SSSR count). The van der Waals surface area contributed by atoms with E-state index in [0.717, 1.165) is 5.56 Å². The maximum Gasteiger partial charge on any atom is 0.322 e. The fourth-order valence-electron chi connectivity index (χ4n) is 2.03. The Kier molecular flexibility index (Phi) is 3.19. The smallest absolute Gasteiger partial charge is 0.322 e. The monoisotopic (exact) mass is 251 g/mol. The van der Waals surface area contributed by atoms with Gasteiger partial charge in [-0.2, -0.15) is 0 Å². The van der Waals surface area contributed by atoms with E-state index in [-0.39, 0.29) is 10.1 Å². The van der Waals surface area contributed by atoms with Gasteiger partial charge in [-0.25, -0.2) is 0 Å². The van der Waals surface area contributed by atoms with Crippen LogP contribution in [0.15, 0.2) is 24.3 Å². The number of carboxylic acid groups (broad SMARTS) is 1. The molecule has 0 radical (unpaired) electrons. The summed E-state index contributed by atoms with van der Waals surface area (Å²) in [6.45, 7) is 5.98. The largest absolute Gasteiger partial charge is 0.480 e. The Morgan fingerprint density at radius 2 is 1.94 bits per heavy atom. The zero-order valence-electron chi connectivity index (χ0n) is 10.2. The molecule has 1 aromatic rings. The van der Waals surface area contributed by atoms with Gasteiger partial charge in [0.1, 0.15) is 6.04 Å². The summed E-state index contributed by atoms with van der Waals surface area (Å²) in [6, 6.07) is 7.72. The van der Waals surface area contributed by atoms with E-state index in [0.29, 0.717) is 0 Å². The summed E-state index contributed by atoms with van der Waals surface area (Å²) in [5, 5.41) is 12.4. The predicted molar refractivity (Wildman–Crippen MR) is 70.1 cm³/mol. The average molecular weight is 251 g/mol. The van der Waals surface area contributed by atoms with Crippen LogP contribution in [-0.4, -0.2) is 21.9 Å². The lowest BCUT2D eigenvalue weighted by atomic mass is 10.0. The first-order chi connectivity index (χ1) is 7.90. The zero-order valence-corrected chi connectivity index (χ0v) is 11.0. The summed E-state index contributed by atoms with van der Waals surface area (Å²) < 4.78 is -0.290. The first-order valence-electron chi connectivity index (χ1n) is 5.63. The van der Waals surface area contributed by atoms with Crippen molar-refractivity contribution in [3.63, 3.8) is 0 Å². The normalized spacial score (nSPS) is 27.0. The number of hydrogen-bond donors (Lipinski definition) is 2. The average Bonchev–Trinajstić information content (AvgIpc) is 2.55.